The van der Waals surface area contributed by atoms with Crippen LogP contribution in [0.4, 0.5) is 0 Å². The molecule has 1 aromatic carbocycles. The van der Waals surface area contributed by atoms with Crippen LogP contribution in [0.15, 0.2) is 50.7 Å². The highest BCUT2D eigenvalue weighted by Crippen LogP contribution is 2.29. The van der Waals surface area contributed by atoms with E-state index in [0.717, 1.165) is 33.4 Å². The number of hydrogen-bond acceptors (Lipinski definition) is 5. The van der Waals surface area contributed by atoms with Gasteiger partial charge in [-0.3, -0.25) is 0 Å². The molecule has 20 heavy (non-hydrogen) atoms. The summed E-state index contributed by atoms with van der Waals surface area (Å²) in [4.78, 5) is 4.31. The lowest BCUT2D eigenvalue weighted by Gasteiger charge is -2.14. The van der Waals surface area contributed by atoms with Crippen molar-refractivity contribution in [1.82, 2.24) is 10.3 Å². The van der Waals surface area contributed by atoms with Crippen molar-refractivity contribution >= 4 is 34.1 Å². The number of hydrogen-bond donors (Lipinski definition) is 1. The van der Waals surface area contributed by atoms with Crippen molar-refractivity contribution in [2.24, 2.45) is 0 Å². The van der Waals surface area contributed by atoms with Crippen LogP contribution in [0.3, 0.4) is 0 Å². The first kappa shape index (κ1) is 13.7. The predicted octanol–water partition coefficient (Wildman–Crippen LogP) is 4.33. The van der Waals surface area contributed by atoms with E-state index in [4.69, 9.17) is 4.42 Å². The van der Waals surface area contributed by atoms with E-state index in [2.05, 4.69) is 29.4 Å². The number of nitrogens with one attached hydrogen (secondary N) is 1. The fourth-order valence-electron chi connectivity index (χ4n) is 2.10. The van der Waals surface area contributed by atoms with Crippen LogP contribution in [-0.2, 0) is 0 Å². The Morgan fingerprint density at radius 3 is 3.05 bits per heavy atom. The number of fused-ring (bicyclic) bond motifs is 1. The molecule has 0 aliphatic carbocycles. The number of thiazole rings is 1. The number of rotatable bonds is 6. The van der Waals surface area contributed by atoms with E-state index in [9.17, 15) is 0 Å². The summed E-state index contributed by atoms with van der Waals surface area (Å²) in [5, 5.41) is 6.65. The molecule has 0 aliphatic heterocycles. The van der Waals surface area contributed by atoms with Crippen LogP contribution in [-0.4, -0.2) is 17.3 Å². The van der Waals surface area contributed by atoms with Gasteiger partial charge < -0.3 is 9.73 Å². The monoisotopic (exact) mass is 304 g/mol. The Morgan fingerprint density at radius 2 is 2.30 bits per heavy atom. The summed E-state index contributed by atoms with van der Waals surface area (Å²) in [6.07, 6.45) is 1.84. The van der Waals surface area contributed by atoms with E-state index < -0.39 is 0 Å². The number of aromatic nitrogens is 1. The first-order valence-corrected chi connectivity index (χ1v) is 8.47. The van der Waals surface area contributed by atoms with Crippen LogP contribution in [0, 0.1) is 0 Å². The molecule has 2 heterocycles. The van der Waals surface area contributed by atoms with Crippen molar-refractivity contribution in [1.29, 1.82) is 0 Å². The van der Waals surface area contributed by atoms with Crippen LogP contribution in [0.25, 0.3) is 11.0 Å². The highest BCUT2D eigenvalue weighted by Gasteiger charge is 2.16. The average Bonchev–Trinajstić information content (AvgIpc) is 3.12. The van der Waals surface area contributed by atoms with Crippen molar-refractivity contribution in [3.05, 3.63) is 47.7 Å². The van der Waals surface area contributed by atoms with Crippen molar-refractivity contribution in [2.75, 3.05) is 12.3 Å². The van der Waals surface area contributed by atoms with Crippen molar-refractivity contribution < 1.29 is 4.42 Å². The normalized spacial score (nSPS) is 12.8. The van der Waals surface area contributed by atoms with Gasteiger partial charge >= 0.3 is 0 Å². The molecule has 104 valence electrons. The number of benzene rings is 1. The molecular weight excluding hydrogens is 288 g/mol. The molecule has 1 atom stereocenters. The summed E-state index contributed by atoms with van der Waals surface area (Å²) < 4.78 is 7.06. The molecule has 0 amide bonds. The topological polar surface area (TPSA) is 38.1 Å². The minimum atomic E-state index is 0.210. The lowest BCUT2D eigenvalue weighted by atomic mass is 10.2. The van der Waals surface area contributed by atoms with E-state index in [0.29, 0.717) is 0 Å². The molecule has 3 rings (SSSR count). The maximum Gasteiger partial charge on any atom is 0.149 e. The SMILES string of the molecule is CCNC(CSc1nccs1)c1cc2ccccc2o1. The van der Waals surface area contributed by atoms with Gasteiger partial charge in [-0.15, -0.1) is 11.3 Å². The Labute approximate surface area is 126 Å². The van der Waals surface area contributed by atoms with E-state index in [-0.39, 0.29) is 6.04 Å². The molecule has 0 spiro atoms. The zero-order valence-electron chi connectivity index (χ0n) is 11.2. The summed E-state index contributed by atoms with van der Waals surface area (Å²) in [7, 11) is 0. The quantitative estimate of drug-likeness (QED) is 0.688. The van der Waals surface area contributed by atoms with Crippen LogP contribution >= 0.6 is 23.1 Å². The van der Waals surface area contributed by atoms with E-state index in [1.165, 1.54) is 0 Å². The lowest BCUT2D eigenvalue weighted by molar-refractivity contribution is 0.464. The fraction of sp³-hybridized carbons (Fsp3) is 0.267. The zero-order chi connectivity index (χ0) is 13.8. The molecule has 0 fully saturated rings. The molecule has 1 N–H and O–H groups in total. The summed E-state index contributed by atoms with van der Waals surface area (Å²) in [6, 6.07) is 10.5. The Hall–Kier alpha value is -1.30. The third-order valence-electron chi connectivity index (χ3n) is 3.02. The summed E-state index contributed by atoms with van der Waals surface area (Å²) in [6.45, 7) is 3.03. The van der Waals surface area contributed by atoms with Gasteiger partial charge in [0.05, 0.1) is 6.04 Å². The van der Waals surface area contributed by atoms with E-state index >= 15 is 0 Å². The highest BCUT2D eigenvalue weighted by atomic mass is 32.2. The van der Waals surface area contributed by atoms with Crippen LogP contribution in [0.5, 0.6) is 0 Å². The van der Waals surface area contributed by atoms with Crippen LogP contribution in [0.2, 0.25) is 0 Å². The zero-order valence-corrected chi connectivity index (χ0v) is 12.8. The minimum absolute atomic E-state index is 0.210. The molecule has 0 aliphatic rings. The summed E-state index contributed by atoms with van der Waals surface area (Å²) in [5.41, 5.74) is 0.949. The van der Waals surface area contributed by atoms with Crippen LogP contribution < -0.4 is 5.32 Å². The lowest BCUT2D eigenvalue weighted by Crippen LogP contribution is -2.22. The standard InChI is InChI=1S/C15H16N2OS2/c1-2-16-12(10-20-15-17-7-8-19-15)14-9-11-5-3-4-6-13(11)18-14/h3-9,12,16H,2,10H2,1H3. The van der Waals surface area contributed by atoms with Gasteiger partial charge in [0, 0.05) is 22.7 Å². The molecule has 1 unspecified atom stereocenters. The van der Waals surface area contributed by atoms with Gasteiger partial charge in [0.2, 0.25) is 0 Å². The first-order chi connectivity index (χ1) is 9.86. The summed E-state index contributed by atoms with van der Waals surface area (Å²) in [5.74, 6) is 1.92. The molecule has 3 nitrogen and oxygen atoms in total. The van der Waals surface area contributed by atoms with Gasteiger partial charge in [0.15, 0.2) is 0 Å². The Balaban J connectivity index is 1.78. The largest absolute Gasteiger partial charge is 0.459 e. The third-order valence-corrected chi connectivity index (χ3v) is 5.08. The maximum absolute atomic E-state index is 5.96. The van der Waals surface area contributed by atoms with Gasteiger partial charge in [0.25, 0.3) is 0 Å². The number of furan rings is 1. The van der Waals surface area contributed by atoms with Gasteiger partial charge in [0.1, 0.15) is 15.7 Å². The molecular formula is C15H16N2OS2. The number of thioether (sulfide) groups is 1. The molecule has 0 bridgehead atoms. The second-order valence-corrected chi connectivity index (χ2v) is 6.57. The predicted molar refractivity (Wildman–Crippen MR) is 85.5 cm³/mol. The molecule has 2 aromatic heterocycles. The van der Waals surface area contributed by atoms with Crippen molar-refractivity contribution in [3.8, 4) is 0 Å². The smallest absolute Gasteiger partial charge is 0.149 e. The second-order valence-electron chi connectivity index (χ2n) is 4.41. The molecule has 5 heteroatoms. The van der Waals surface area contributed by atoms with Gasteiger partial charge in [-0.05, 0) is 18.7 Å². The molecule has 3 aromatic rings. The number of para-hydroxylation sites is 1. The average molecular weight is 304 g/mol. The van der Waals surface area contributed by atoms with Crippen molar-refractivity contribution in [3.63, 3.8) is 0 Å². The fourth-order valence-corrected chi connectivity index (χ4v) is 3.83. The number of nitrogens with zero attached hydrogens (tertiary/aromatic N) is 1. The first-order valence-electron chi connectivity index (χ1n) is 6.61. The van der Waals surface area contributed by atoms with E-state index in [1.54, 1.807) is 23.1 Å². The van der Waals surface area contributed by atoms with Crippen LogP contribution in [0.1, 0.15) is 18.7 Å². The Kier molecular flexibility index (Phi) is 4.40. The highest BCUT2D eigenvalue weighted by molar-refractivity contribution is 8.01. The third kappa shape index (κ3) is 3.06. The van der Waals surface area contributed by atoms with Gasteiger partial charge in [-0.1, -0.05) is 36.9 Å². The Bertz CT molecular complexity index is 630. The Morgan fingerprint density at radius 1 is 1.40 bits per heavy atom. The molecule has 0 saturated heterocycles. The van der Waals surface area contributed by atoms with Gasteiger partial charge in [-0.25, -0.2) is 4.98 Å². The maximum atomic E-state index is 5.96. The van der Waals surface area contributed by atoms with E-state index in [1.807, 2.05) is 29.8 Å². The summed E-state index contributed by atoms with van der Waals surface area (Å²) >= 11 is 3.44. The molecule has 0 radical (unpaired) electrons. The molecule has 0 saturated carbocycles. The second kappa shape index (κ2) is 6.43. The van der Waals surface area contributed by atoms with Gasteiger partial charge in [-0.2, -0.15) is 0 Å². The van der Waals surface area contributed by atoms with Crippen molar-refractivity contribution in [2.45, 2.75) is 17.3 Å². The minimum Gasteiger partial charge on any atom is -0.459 e.